The summed E-state index contributed by atoms with van der Waals surface area (Å²) in [5.41, 5.74) is 0.857. The van der Waals surface area contributed by atoms with E-state index >= 15 is 0 Å². The summed E-state index contributed by atoms with van der Waals surface area (Å²) < 4.78 is 18.7. The zero-order valence-electron chi connectivity index (χ0n) is 13.2. The lowest BCUT2D eigenvalue weighted by Crippen LogP contribution is -2.48. The number of hydrogen-bond acceptors (Lipinski definition) is 4. The smallest absolute Gasteiger partial charge is 0.317 e. The van der Waals surface area contributed by atoms with Gasteiger partial charge in [0.2, 0.25) is 5.88 Å². The van der Waals surface area contributed by atoms with Crippen molar-refractivity contribution in [2.45, 2.75) is 25.5 Å². The Bertz CT molecular complexity index is 666. The van der Waals surface area contributed by atoms with E-state index in [4.69, 9.17) is 4.74 Å². The maximum absolute atomic E-state index is 12.9. The van der Waals surface area contributed by atoms with E-state index in [1.807, 2.05) is 0 Å². The molecule has 2 amide bonds. The molecule has 2 aromatic rings. The second-order valence-electron chi connectivity index (χ2n) is 5.66. The summed E-state index contributed by atoms with van der Waals surface area (Å²) in [4.78, 5) is 21.9. The van der Waals surface area contributed by atoms with Crippen LogP contribution in [0.3, 0.4) is 0 Å². The number of piperidine rings is 1. The Labute approximate surface area is 139 Å². The fourth-order valence-electron chi connectivity index (χ4n) is 2.63. The Hall–Kier alpha value is -2.70. The van der Waals surface area contributed by atoms with E-state index in [1.54, 1.807) is 29.3 Å². The molecule has 0 aliphatic carbocycles. The lowest BCUT2D eigenvalue weighted by Gasteiger charge is -2.32. The zero-order valence-corrected chi connectivity index (χ0v) is 13.2. The molecule has 7 heteroatoms. The Morgan fingerprint density at radius 1 is 1.33 bits per heavy atom. The van der Waals surface area contributed by atoms with E-state index < -0.39 is 0 Å². The number of benzene rings is 1. The third-order valence-electron chi connectivity index (χ3n) is 3.86. The molecule has 1 saturated heterocycles. The van der Waals surface area contributed by atoms with Crippen LogP contribution in [0.25, 0.3) is 0 Å². The fraction of sp³-hybridized carbons (Fsp3) is 0.353. The quantitative estimate of drug-likeness (QED) is 0.934. The molecule has 1 aliphatic rings. The summed E-state index contributed by atoms with van der Waals surface area (Å²) in [6, 6.07) is 7.64. The van der Waals surface area contributed by atoms with Crippen LogP contribution in [-0.4, -0.2) is 40.1 Å². The molecule has 0 unspecified atom stereocenters. The summed E-state index contributed by atoms with van der Waals surface area (Å²) >= 11 is 0. The second-order valence-corrected chi connectivity index (χ2v) is 5.66. The maximum atomic E-state index is 12.9. The van der Waals surface area contributed by atoms with Crippen LogP contribution in [0.1, 0.15) is 18.4 Å². The molecule has 1 fully saturated rings. The third kappa shape index (κ3) is 4.41. The van der Waals surface area contributed by atoms with Gasteiger partial charge in [0.05, 0.1) is 6.54 Å². The van der Waals surface area contributed by atoms with Gasteiger partial charge in [0.1, 0.15) is 18.2 Å². The van der Waals surface area contributed by atoms with Crippen LogP contribution in [0.4, 0.5) is 9.18 Å². The highest BCUT2D eigenvalue weighted by atomic mass is 19.1. The van der Waals surface area contributed by atoms with Crippen LogP contribution in [-0.2, 0) is 6.54 Å². The number of nitrogens with zero attached hydrogens (tertiary/aromatic N) is 3. The van der Waals surface area contributed by atoms with Gasteiger partial charge in [-0.1, -0.05) is 12.1 Å². The fourth-order valence-corrected chi connectivity index (χ4v) is 2.63. The van der Waals surface area contributed by atoms with E-state index in [2.05, 4.69) is 15.3 Å². The van der Waals surface area contributed by atoms with Crippen molar-refractivity contribution in [3.63, 3.8) is 0 Å². The Kier molecular flexibility index (Phi) is 5.20. The van der Waals surface area contributed by atoms with Crippen molar-refractivity contribution in [1.29, 1.82) is 0 Å². The summed E-state index contributed by atoms with van der Waals surface area (Å²) in [6.45, 7) is 1.57. The molecule has 1 aliphatic heterocycles. The third-order valence-corrected chi connectivity index (χ3v) is 3.86. The molecule has 0 bridgehead atoms. The number of hydrogen-bond donors (Lipinski definition) is 1. The zero-order chi connectivity index (χ0) is 16.8. The van der Waals surface area contributed by atoms with Crippen LogP contribution in [0.5, 0.6) is 5.88 Å². The minimum absolute atomic E-state index is 0.0785. The number of rotatable bonds is 4. The number of carbonyl (C=O) groups is 1. The Morgan fingerprint density at radius 2 is 2.17 bits per heavy atom. The first-order valence-corrected chi connectivity index (χ1v) is 7.90. The first kappa shape index (κ1) is 16.2. The maximum Gasteiger partial charge on any atom is 0.317 e. The van der Waals surface area contributed by atoms with Crippen LogP contribution in [0, 0.1) is 5.82 Å². The van der Waals surface area contributed by atoms with Gasteiger partial charge in [0.15, 0.2) is 0 Å². The number of urea groups is 1. The van der Waals surface area contributed by atoms with E-state index in [9.17, 15) is 9.18 Å². The standard InChI is InChI=1S/C17H19FN4O2/c18-14-5-3-13(4-6-14)10-20-17(23)22-9-1-2-15(11-22)24-16-7-8-19-12-21-16/h3-8,12,15H,1-2,9-11H2,(H,20,23)/t15-/m0/s1. The molecule has 24 heavy (non-hydrogen) atoms. The van der Waals surface area contributed by atoms with Gasteiger partial charge >= 0.3 is 6.03 Å². The highest BCUT2D eigenvalue weighted by Gasteiger charge is 2.25. The van der Waals surface area contributed by atoms with Gasteiger partial charge in [0, 0.05) is 25.4 Å². The normalized spacial score (nSPS) is 17.4. The molecule has 1 N–H and O–H groups in total. The molecule has 1 aromatic carbocycles. The predicted octanol–water partition coefficient (Wildman–Crippen LogP) is 2.37. The molecule has 2 heterocycles. The lowest BCUT2D eigenvalue weighted by molar-refractivity contribution is 0.0976. The van der Waals surface area contributed by atoms with Gasteiger partial charge in [-0.25, -0.2) is 19.2 Å². The van der Waals surface area contributed by atoms with Crippen molar-refractivity contribution in [3.8, 4) is 5.88 Å². The van der Waals surface area contributed by atoms with Crippen LogP contribution < -0.4 is 10.1 Å². The molecular formula is C17H19FN4O2. The summed E-state index contributed by atoms with van der Waals surface area (Å²) in [5.74, 6) is 0.231. The Balaban J connectivity index is 1.50. The number of amides is 2. The van der Waals surface area contributed by atoms with Gasteiger partial charge in [-0.15, -0.1) is 0 Å². The topological polar surface area (TPSA) is 67.4 Å². The first-order valence-electron chi connectivity index (χ1n) is 7.90. The van der Waals surface area contributed by atoms with Crippen molar-refractivity contribution in [3.05, 3.63) is 54.2 Å². The molecule has 0 saturated carbocycles. The lowest BCUT2D eigenvalue weighted by atomic mass is 10.1. The SMILES string of the molecule is O=C(NCc1ccc(F)cc1)N1CCC[C@H](Oc2ccncn2)C1. The number of aromatic nitrogens is 2. The van der Waals surface area contributed by atoms with Gasteiger partial charge in [0.25, 0.3) is 0 Å². The number of ether oxygens (including phenoxy) is 1. The minimum atomic E-state index is -0.286. The van der Waals surface area contributed by atoms with E-state index in [0.29, 0.717) is 25.5 Å². The number of halogens is 1. The van der Waals surface area contributed by atoms with Crippen LogP contribution in [0.2, 0.25) is 0 Å². The van der Waals surface area contributed by atoms with E-state index in [-0.39, 0.29) is 18.0 Å². The molecule has 3 rings (SSSR count). The second kappa shape index (κ2) is 7.72. The van der Waals surface area contributed by atoms with E-state index in [0.717, 1.165) is 18.4 Å². The molecule has 1 aromatic heterocycles. The average Bonchev–Trinajstić information content (AvgIpc) is 2.62. The number of carbonyl (C=O) groups excluding carboxylic acids is 1. The largest absolute Gasteiger partial charge is 0.472 e. The molecule has 0 radical (unpaired) electrons. The van der Waals surface area contributed by atoms with Gasteiger partial charge in [-0.3, -0.25) is 0 Å². The van der Waals surface area contributed by atoms with Gasteiger partial charge < -0.3 is 15.0 Å². The van der Waals surface area contributed by atoms with Crippen molar-refractivity contribution >= 4 is 6.03 Å². The number of nitrogens with one attached hydrogen (secondary N) is 1. The van der Waals surface area contributed by atoms with Crippen molar-refractivity contribution in [2.24, 2.45) is 0 Å². The predicted molar refractivity (Wildman–Crippen MR) is 85.9 cm³/mol. The molecule has 6 nitrogen and oxygen atoms in total. The van der Waals surface area contributed by atoms with Crippen molar-refractivity contribution < 1.29 is 13.9 Å². The molecular weight excluding hydrogens is 311 g/mol. The van der Waals surface area contributed by atoms with Crippen molar-refractivity contribution in [1.82, 2.24) is 20.2 Å². The Morgan fingerprint density at radius 3 is 2.92 bits per heavy atom. The molecule has 126 valence electrons. The number of likely N-dealkylation sites (tertiary alicyclic amines) is 1. The monoisotopic (exact) mass is 330 g/mol. The highest BCUT2D eigenvalue weighted by molar-refractivity contribution is 5.74. The van der Waals surface area contributed by atoms with E-state index in [1.165, 1.54) is 18.5 Å². The van der Waals surface area contributed by atoms with Crippen LogP contribution >= 0.6 is 0 Å². The summed E-state index contributed by atoms with van der Waals surface area (Å²) in [5, 5.41) is 2.86. The average molecular weight is 330 g/mol. The first-order chi connectivity index (χ1) is 11.7. The van der Waals surface area contributed by atoms with Crippen LogP contribution in [0.15, 0.2) is 42.9 Å². The highest BCUT2D eigenvalue weighted by Crippen LogP contribution is 2.16. The minimum Gasteiger partial charge on any atom is -0.472 e. The molecule has 0 spiro atoms. The summed E-state index contributed by atoms with van der Waals surface area (Å²) in [6.07, 6.45) is 4.74. The van der Waals surface area contributed by atoms with Gasteiger partial charge in [-0.05, 0) is 30.5 Å². The van der Waals surface area contributed by atoms with Crippen molar-refractivity contribution in [2.75, 3.05) is 13.1 Å². The summed E-state index contributed by atoms with van der Waals surface area (Å²) in [7, 11) is 0. The van der Waals surface area contributed by atoms with Gasteiger partial charge in [-0.2, -0.15) is 0 Å². The molecule has 1 atom stereocenters.